The first-order chi connectivity index (χ1) is 8.33. The molecule has 1 aliphatic heterocycles. The van der Waals surface area contributed by atoms with Gasteiger partial charge in [0.05, 0.1) is 6.61 Å². The van der Waals surface area contributed by atoms with E-state index in [-0.39, 0.29) is 5.97 Å². The maximum atomic E-state index is 11.1. The summed E-state index contributed by atoms with van der Waals surface area (Å²) in [7, 11) is 0. The van der Waals surface area contributed by atoms with Gasteiger partial charge in [0, 0.05) is 18.7 Å². The molecule has 1 saturated heterocycles. The van der Waals surface area contributed by atoms with Gasteiger partial charge in [-0.05, 0) is 45.0 Å². The van der Waals surface area contributed by atoms with Crippen LogP contribution in [0, 0.1) is 0 Å². The Morgan fingerprint density at radius 1 is 1.24 bits per heavy atom. The summed E-state index contributed by atoms with van der Waals surface area (Å²) in [5, 5.41) is 0. The Labute approximate surface area is 109 Å². The van der Waals surface area contributed by atoms with Gasteiger partial charge in [-0.25, -0.2) is 0 Å². The van der Waals surface area contributed by atoms with E-state index >= 15 is 0 Å². The van der Waals surface area contributed by atoms with Crippen molar-refractivity contribution in [2.45, 2.75) is 39.0 Å². The van der Waals surface area contributed by atoms with Crippen LogP contribution in [-0.2, 0) is 9.53 Å². The number of hydrogen-bond acceptors (Lipinski definition) is 4. The maximum Gasteiger partial charge on any atom is 0.305 e. The van der Waals surface area contributed by atoms with Gasteiger partial charge in [0.15, 0.2) is 0 Å². The molecule has 0 aliphatic carbocycles. The normalized spacial score (nSPS) is 17.7. The highest BCUT2D eigenvalue weighted by Crippen LogP contribution is 2.11. The quantitative estimate of drug-likeness (QED) is 0.519. The minimum atomic E-state index is -0.0429. The van der Waals surface area contributed by atoms with Crippen LogP contribution in [0.2, 0.25) is 0 Å². The molecule has 1 heterocycles. The lowest BCUT2D eigenvalue weighted by Crippen LogP contribution is -2.27. The summed E-state index contributed by atoms with van der Waals surface area (Å²) < 4.78 is 4.90. The molecule has 1 fully saturated rings. The lowest BCUT2D eigenvalue weighted by Gasteiger charge is -2.18. The summed E-state index contributed by atoms with van der Waals surface area (Å²) >= 11 is 2.07. The van der Waals surface area contributed by atoms with Crippen LogP contribution in [0.25, 0.3) is 0 Å². The highest BCUT2D eigenvalue weighted by atomic mass is 32.2. The van der Waals surface area contributed by atoms with Crippen molar-refractivity contribution in [3.63, 3.8) is 0 Å². The molecule has 1 aliphatic rings. The van der Waals surface area contributed by atoms with Gasteiger partial charge in [-0.15, -0.1) is 0 Å². The molecule has 0 aromatic carbocycles. The lowest BCUT2D eigenvalue weighted by atomic mass is 10.2. The number of ether oxygens (including phenoxy) is 1. The summed E-state index contributed by atoms with van der Waals surface area (Å²) in [6.45, 7) is 6.05. The van der Waals surface area contributed by atoms with E-state index in [1.54, 1.807) is 0 Å². The first-order valence-electron chi connectivity index (χ1n) is 6.78. The van der Waals surface area contributed by atoms with Gasteiger partial charge in [-0.3, -0.25) is 4.79 Å². The Hall–Kier alpha value is -0.220. The molecular weight excluding hydrogens is 234 g/mol. The van der Waals surface area contributed by atoms with Crippen molar-refractivity contribution in [1.82, 2.24) is 4.90 Å². The minimum absolute atomic E-state index is 0.0429. The van der Waals surface area contributed by atoms with Crippen molar-refractivity contribution >= 4 is 17.7 Å². The van der Waals surface area contributed by atoms with E-state index in [0.29, 0.717) is 13.0 Å². The monoisotopic (exact) mass is 259 g/mol. The van der Waals surface area contributed by atoms with Crippen LogP contribution in [0.3, 0.4) is 0 Å². The van der Waals surface area contributed by atoms with E-state index in [1.807, 2.05) is 6.92 Å². The predicted octanol–water partition coefficient (Wildman–Crippen LogP) is 2.55. The molecule has 0 saturated carbocycles. The smallest absolute Gasteiger partial charge is 0.305 e. The zero-order valence-corrected chi connectivity index (χ0v) is 11.8. The maximum absolute atomic E-state index is 11.1. The van der Waals surface area contributed by atoms with Crippen LogP contribution in [0.1, 0.15) is 39.0 Å². The average Bonchev–Trinajstić information content (AvgIpc) is 2.57. The van der Waals surface area contributed by atoms with E-state index in [4.69, 9.17) is 4.74 Å². The zero-order chi connectivity index (χ0) is 12.3. The second-order valence-corrected chi connectivity index (χ2v) is 5.65. The number of thioether (sulfide) groups is 1. The number of nitrogens with zero attached hydrogens (tertiary/aromatic N) is 1. The summed E-state index contributed by atoms with van der Waals surface area (Å²) in [4.78, 5) is 13.7. The number of carbonyl (C=O) groups excluding carboxylic acids is 1. The van der Waals surface area contributed by atoms with E-state index in [9.17, 15) is 4.79 Å². The molecule has 0 radical (unpaired) electrons. The van der Waals surface area contributed by atoms with Crippen LogP contribution in [-0.4, -0.2) is 48.6 Å². The third-order valence-corrected chi connectivity index (χ3v) is 4.02. The largest absolute Gasteiger partial charge is 0.466 e. The van der Waals surface area contributed by atoms with Gasteiger partial charge >= 0.3 is 5.97 Å². The third-order valence-electron chi connectivity index (χ3n) is 2.98. The van der Waals surface area contributed by atoms with Crippen LogP contribution < -0.4 is 0 Å². The van der Waals surface area contributed by atoms with Crippen molar-refractivity contribution in [1.29, 1.82) is 0 Å². The van der Waals surface area contributed by atoms with Crippen LogP contribution in [0.15, 0.2) is 0 Å². The Morgan fingerprint density at radius 3 is 2.94 bits per heavy atom. The first kappa shape index (κ1) is 14.8. The number of unbranched alkanes of at least 4 members (excludes halogenated alkanes) is 2. The topological polar surface area (TPSA) is 29.5 Å². The summed E-state index contributed by atoms with van der Waals surface area (Å²) in [6.07, 6.45) is 5.24. The molecule has 0 amide bonds. The molecule has 0 aromatic heterocycles. The van der Waals surface area contributed by atoms with Gasteiger partial charge in [-0.1, -0.05) is 6.42 Å². The number of carbonyl (C=O) groups is 1. The second-order valence-electron chi connectivity index (χ2n) is 4.42. The van der Waals surface area contributed by atoms with Crippen molar-refractivity contribution in [3.05, 3.63) is 0 Å². The van der Waals surface area contributed by atoms with Crippen molar-refractivity contribution < 1.29 is 9.53 Å². The van der Waals surface area contributed by atoms with Crippen molar-refractivity contribution in [2.75, 3.05) is 37.7 Å². The van der Waals surface area contributed by atoms with Gasteiger partial charge < -0.3 is 9.64 Å². The fourth-order valence-corrected chi connectivity index (χ4v) is 2.96. The number of rotatable bonds is 7. The van der Waals surface area contributed by atoms with Gasteiger partial charge in [0.2, 0.25) is 0 Å². The summed E-state index contributed by atoms with van der Waals surface area (Å²) in [5.41, 5.74) is 0. The molecule has 1 rings (SSSR count). The Morgan fingerprint density at radius 2 is 2.12 bits per heavy atom. The number of esters is 1. The average molecular weight is 259 g/mol. The number of hydrogen-bond donors (Lipinski definition) is 0. The summed E-state index contributed by atoms with van der Waals surface area (Å²) in [5.74, 6) is 2.56. The van der Waals surface area contributed by atoms with Crippen LogP contribution in [0.4, 0.5) is 0 Å². The van der Waals surface area contributed by atoms with Gasteiger partial charge in [-0.2, -0.15) is 11.8 Å². The highest BCUT2D eigenvalue weighted by molar-refractivity contribution is 7.99. The molecular formula is C13H25NO2S. The molecule has 0 atom stereocenters. The minimum Gasteiger partial charge on any atom is -0.466 e. The first-order valence-corrected chi connectivity index (χ1v) is 7.94. The molecule has 3 nitrogen and oxygen atoms in total. The molecule has 0 N–H and O–H groups in total. The molecule has 0 bridgehead atoms. The summed E-state index contributed by atoms with van der Waals surface area (Å²) in [6, 6.07) is 0. The van der Waals surface area contributed by atoms with Gasteiger partial charge in [0.25, 0.3) is 0 Å². The highest BCUT2D eigenvalue weighted by Gasteiger charge is 2.08. The van der Waals surface area contributed by atoms with Crippen molar-refractivity contribution in [3.8, 4) is 0 Å². The molecule has 0 unspecified atom stereocenters. The standard InChI is InChI=1S/C13H25NO2S/c1-2-16-13(15)7-4-3-5-8-14-9-6-11-17-12-10-14/h2-12H2,1H3. The third kappa shape index (κ3) is 7.66. The predicted molar refractivity (Wildman–Crippen MR) is 73.5 cm³/mol. The molecule has 0 aromatic rings. The Kier molecular flexibility index (Phi) is 8.53. The Bertz CT molecular complexity index is 204. The fourth-order valence-electron chi connectivity index (χ4n) is 2.04. The Balaban J connectivity index is 1.94. The molecule has 100 valence electrons. The van der Waals surface area contributed by atoms with Crippen LogP contribution in [0.5, 0.6) is 0 Å². The molecule has 4 heteroatoms. The van der Waals surface area contributed by atoms with E-state index < -0.39 is 0 Å². The van der Waals surface area contributed by atoms with E-state index in [2.05, 4.69) is 16.7 Å². The molecule has 0 spiro atoms. The lowest BCUT2D eigenvalue weighted by molar-refractivity contribution is -0.143. The van der Waals surface area contributed by atoms with E-state index in [0.717, 1.165) is 12.8 Å². The van der Waals surface area contributed by atoms with Gasteiger partial charge in [0.1, 0.15) is 0 Å². The van der Waals surface area contributed by atoms with Crippen LogP contribution >= 0.6 is 11.8 Å². The second kappa shape index (κ2) is 9.77. The fraction of sp³-hybridized carbons (Fsp3) is 0.923. The SMILES string of the molecule is CCOC(=O)CCCCCN1CCCSCC1. The molecule has 17 heavy (non-hydrogen) atoms. The zero-order valence-electron chi connectivity index (χ0n) is 11.0. The van der Waals surface area contributed by atoms with Crippen molar-refractivity contribution in [2.24, 2.45) is 0 Å². The van der Waals surface area contributed by atoms with E-state index in [1.165, 1.54) is 44.0 Å².